The monoisotopic (exact) mass is 539 g/mol. The predicted octanol–water partition coefficient (Wildman–Crippen LogP) is 4.40. The summed E-state index contributed by atoms with van der Waals surface area (Å²) in [6.07, 6.45) is 1.81. The largest absolute Gasteiger partial charge is 0.365 e. The fourth-order valence-electron chi connectivity index (χ4n) is 4.61. The third-order valence-corrected chi connectivity index (χ3v) is 10.6. The maximum Gasteiger partial charge on any atom is 0.282 e. The quantitative estimate of drug-likeness (QED) is 0.481. The van der Waals surface area contributed by atoms with E-state index in [2.05, 4.69) is 5.32 Å². The summed E-state index contributed by atoms with van der Waals surface area (Å²) >= 11 is 9.01. The first kappa shape index (κ1) is 24.0. The van der Waals surface area contributed by atoms with Gasteiger partial charge in [0.15, 0.2) is 0 Å². The smallest absolute Gasteiger partial charge is 0.282 e. The molecule has 34 heavy (non-hydrogen) atoms. The minimum absolute atomic E-state index is 0.0781. The molecule has 1 N–H and O–H groups in total. The molecule has 2 unspecified atom stereocenters. The van der Waals surface area contributed by atoms with Crippen molar-refractivity contribution in [1.29, 1.82) is 0 Å². The molecular weight excluding hydrogens is 514 g/mol. The van der Waals surface area contributed by atoms with Crippen LogP contribution in [-0.4, -0.2) is 58.4 Å². The second-order valence-corrected chi connectivity index (χ2v) is 13.1. The van der Waals surface area contributed by atoms with Gasteiger partial charge in [-0.2, -0.15) is 38.1 Å². The number of aromatic nitrogens is 2. The Kier molecular flexibility index (Phi) is 6.60. The molecule has 0 saturated carbocycles. The molecule has 182 valence electrons. The Labute approximate surface area is 212 Å². The van der Waals surface area contributed by atoms with Crippen LogP contribution in [0.15, 0.2) is 29.0 Å². The number of nitrogens with one attached hydrogen (secondary N) is 1. The highest BCUT2D eigenvalue weighted by Crippen LogP contribution is 2.40. The van der Waals surface area contributed by atoms with Gasteiger partial charge in [-0.3, -0.25) is 4.79 Å². The molecule has 0 amide bonds. The van der Waals surface area contributed by atoms with E-state index in [1.165, 1.54) is 27.4 Å². The van der Waals surface area contributed by atoms with Crippen molar-refractivity contribution < 1.29 is 13.2 Å². The fraction of sp³-hybridized carbons (Fsp3) is 0.455. The number of carbonyl (C=O) groups is 1. The molecule has 12 heteroatoms. The Morgan fingerprint density at radius 3 is 2.65 bits per heavy atom. The van der Waals surface area contributed by atoms with E-state index in [9.17, 15) is 13.2 Å². The summed E-state index contributed by atoms with van der Waals surface area (Å²) in [5.41, 5.74) is 2.19. The highest BCUT2D eigenvalue weighted by molar-refractivity contribution is 7.86. The van der Waals surface area contributed by atoms with Crippen LogP contribution in [0.4, 0.5) is 5.82 Å². The van der Waals surface area contributed by atoms with Crippen LogP contribution in [0, 0.1) is 6.92 Å². The first-order valence-electron chi connectivity index (χ1n) is 11.2. The Bertz CT molecular complexity index is 1300. The van der Waals surface area contributed by atoms with Gasteiger partial charge in [0.1, 0.15) is 5.82 Å². The lowest BCUT2D eigenvalue weighted by Crippen LogP contribution is -2.59. The van der Waals surface area contributed by atoms with Gasteiger partial charge >= 0.3 is 0 Å². The van der Waals surface area contributed by atoms with Crippen LogP contribution in [-0.2, 0) is 16.8 Å². The number of hydrogen-bond donors (Lipinski definition) is 1. The number of hydrogen-bond acceptors (Lipinski definition) is 7. The van der Waals surface area contributed by atoms with Crippen LogP contribution >= 0.6 is 34.3 Å². The molecule has 2 saturated heterocycles. The summed E-state index contributed by atoms with van der Waals surface area (Å²) in [6, 6.07) is 5.35. The molecule has 2 fully saturated rings. The number of halogens is 1. The molecule has 0 aromatic carbocycles. The molecule has 2 aliphatic heterocycles. The third kappa shape index (κ3) is 4.22. The van der Waals surface area contributed by atoms with E-state index >= 15 is 0 Å². The van der Waals surface area contributed by atoms with Crippen LogP contribution in [0.1, 0.15) is 52.2 Å². The fourth-order valence-corrected chi connectivity index (χ4v) is 8.20. The molecule has 3 aromatic rings. The van der Waals surface area contributed by atoms with Crippen molar-refractivity contribution in [1.82, 2.24) is 18.4 Å². The van der Waals surface area contributed by atoms with Crippen molar-refractivity contribution in [3.63, 3.8) is 0 Å². The van der Waals surface area contributed by atoms with Crippen molar-refractivity contribution in [3.05, 3.63) is 55.0 Å². The Morgan fingerprint density at radius 2 is 2.03 bits per heavy atom. The van der Waals surface area contributed by atoms with E-state index in [0.29, 0.717) is 41.9 Å². The molecule has 5 rings (SSSR count). The number of thiophene rings is 2. The van der Waals surface area contributed by atoms with Crippen LogP contribution in [0.5, 0.6) is 0 Å². The van der Waals surface area contributed by atoms with E-state index in [4.69, 9.17) is 16.7 Å². The molecule has 8 nitrogen and oxygen atoms in total. The van der Waals surface area contributed by atoms with Crippen LogP contribution in [0.25, 0.3) is 0 Å². The molecule has 2 atom stereocenters. The van der Waals surface area contributed by atoms with Gasteiger partial charge in [-0.25, -0.2) is 0 Å². The molecule has 0 spiro atoms. The van der Waals surface area contributed by atoms with Crippen molar-refractivity contribution in [2.75, 3.05) is 25.0 Å². The summed E-state index contributed by atoms with van der Waals surface area (Å²) in [5.74, 6) is 0.338. The lowest BCUT2D eigenvalue weighted by atomic mass is 9.88. The van der Waals surface area contributed by atoms with Gasteiger partial charge in [0.2, 0.25) is 0 Å². The van der Waals surface area contributed by atoms with E-state index < -0.39 is 10.2 Å². The average Bonchev–Trinajstić information content (AvgIpc) is 3.60. The summed E-state index contributed by atoms with van der Waals surface area (Å²) in [5, 5.41) is 11.8. The van der Waals surface area contributed by atoms with Gasteiger partial charge in [-0.1, -0.05) is 11.6 Å². The highest BCUT2D eigenvalue weighted by atomic mass is 35.5. The second kappa shape index (κ2) is 9.36. The SMILES string of the molecule is Cc1c(C2CN(S(=O)(=O)N3CCCC3)C2C)nn(C(=O)c2ccsc2)c1NCc1ccc(Cl)s1. The third-order valence-electron chi connectivity index (χ3n) is 6.63. The molecule has 0 radical (unpaired) electrons. The van der Waals surface area contributed by atoms with Crippen LogP contribution in [0.2, 0.25) is 4.34 Å². The van der Waals surface area contributed by atoms with Gasteiger partial charge in [0.25, 0.3) is 16.1 Å². The lowest BCUT2D eigenvalue weighted by molar-refractivity contribution is 0.0944. The number of nitrogens with zero attached hydrogens (tertiary/aromatic N) is 4. The zero-order valence-corrected chi connectivity index (χ0v) is 22.1. The normalized spacial score (nSPS) is 21.6. The Morgan fingerprint density at radius 1 is 1.26 bits per heavy atom. The molecule has 0 aliphatic carbocycles. The number of carbonyl (C=O) groups excluding carboxylic acids is 1. The Hall–Kier alpha value is -1.76. The van der Waals surface area contributed by atoms with Crippen LogP contribution in [0.3, 0.4) is 0 Å². The molecule has 3 aromatic heterocycles. The molecule has 0 bridgehead atoms. The lowest BCUT2D eigenvalue weighted by Gasteiger charge is -2.45. The van der Waals surface area contributed by atoms with E-state index in [0.717, 1.165) is 29.0 Å². The predicted molar refractivity (Wildman–Crippen MR) is 136 cm³/mol. The standard InChI is InChI=1S/C22H26ClN5O3S3/c1-14-20(18-12-27(15(18)2)34(30,31)26-8-3-4-9-26)25-28(22(29)16-7-10-32-13-16)21(14)24-11-17-5-6-19(23)33-17/h5-7,10,13,15,18,24H,3-4,8-9,11-12H2,1-2H3. The summed E-state index contributed by atoms with van der Waals surface area (Å²) in [7, 11) is -3.46. The topological polar surface area (TPSA) is 87.5 Å². The van der Waals surface area contributed by atoms with Gasteiger partial charge in [0.05, 0.1) is 22.1 Å². The number of anilines is 1. The van der Waals surface area contributed by atoms with Gasteiger partial charge < -0.3 is 5.32 Å². The maximum atomic E-state index is 13.3. The van der Waals surface area contributed by atoms with Crippen molar-refractivity contribution in [2.24, 2.45) is 0 Å². The first-order valence-corrected chi connectivity index (χ1v) is 14.7. The average molecular weight is 540 g/mol. The van der Waals surface area contributed by atoms with Gasteiger partial charge in [0, 0.05) is 47.4 Å². The minimum atomic E-state index is -3.46. The summed E-state index contributed by atoms with van der Waals surface area (Å²) in [4.78, 5) is 14.3. The highest BCUT2D eigenvalue weighted by Gasteiger charge is 2.48. The molecule has 2 aliphatic rings. The maximum absolute atomic E-state index is 13.3. The van der Waals surface area contributed by atoms with Crippen molar-refractivity contribution in [3.8, 4) is 0 Å². The van der Waals surface area contributed by atoms with Crippen molar-refractivity contribution in [2.45, 2.75) is 45.2 Å². The Balaban J connectivity index is 1.43. The number of rotatable bonds is 7. The zero-order chi connectivity index (χ0) is 24.0. The second-order valence-electron chi connectivity index (χ2n) is 8.68. The molecule has 5 heterocycles. The van der Waals surface area contributed by atoms with Crippen LogP contribution < -0.4 is 5.32 Å². The minimum Gasteiger partial charge on any atom is -0.365 e. The van der Waals surface area contributed by atoms with Crippen molar-refractivity contribution >= 4 is 56.2 Å². The zero-order valence-electron chi connectivity index (χ0n) is 18.9. The van der Waals surface area contributed by atoms with Gasteiger partial charge in [-0.05, 0) is 50.3 Å². The molecular formula is C22H26ClN5O3S3. The van der Waals surface area contributed by atoms with E-state index in [1.54, 1.807) is 20.1 Å². The summed E-state index contributed by atoms with van der Waals surface area (Å²) < 4.78 is 31.3. The van der Waals surface area contributed by atoms with E-state index in [1.807, 2.05) is 31.4 Å². The summed E-state index contributed by atoms with van der Waals surface area (Å²) in [6.45, 7) is 5.90. The van der Waals surface area contributed by atoms with E-state index in [-0.39, 0.29) is 17.9 Å². The van der Waals surface area contributed by atoms with Gasteiger partial charge in [-0.15, -0.1) is 11.3 Å². The first-order chi connectivity index (χ1) is 16.3.